The molecule has 0 aliphatic carbocycles. The molecule has 0 saturated heterocycles. The molecular weight excluding hydrogens is 404 g/mol. The van der Waals surface area contributed by atoms with Crippen LogP contribution in [0.2, 0.25) is 0 Å². The van der Waals surface area contributed by atoms with Crippen molar-refractivity contribution in [1.82, 2.24) is 19.7 Å². The molecule has 2 N–H and O–H groups in total. The fraction of sp³-hybridized carbons (Fsp3) is 0.318. The number of hydrogen-bond donors (Lipinski definition) is 2. The Hall–Kier alpha value is -2.90. The van der Waals surface area contributed by atoms with Gasteiger partial charge in [0.05, 0.1) is 11.4 Å². The molecule has 0 fully saturated rings. The van der Waals surface area contributed by atoms with Crippen molar-refractivity contribution in [2.75, 3.05) is 13.1 Å². The van der Waals surface area contributed by atoms with E-state index in [1.165, 1.54) is 15.8 Å². The Morgan fingerprint density at radius 2 is 1.87 bits per heavy atom. The summed E-state index contributed by atoms with van der Waals surface area (Å²) < 4.78 is 2.99. The summed E-state index contributed by atoms with van der Waals surface area (Å²) in [7, 11) is 0. The Kier molecular flexibility index (Phi) is 6.74. The maximum Gasteiger partial charge on any atom is 0.355 e. The van der Waals surface area contributed by atoms with Gasteiger partial charge in [-0.05, 0) is 74.2 Å². The number of hydrogen-bond acceptors (Lipinski definition) is 4. The van der Waals surface area contributed by atoms with Crippen LogP contribution in [0.1, 0.15) is 28.9 Å². The van der Waals surface area contributed by atoms with E-state index in [0.29, 0.717) is 17.9 Å². The second kappa shape index (κ2) is 9.28. The minimum Gasteiger partial charge on any atom is -0.481 e. The van der Waals surface area contributed by atoms with Crippen molar-refractivity contribution in [3.8, 4) is 11.4 Å². The van der Waals surface area contributed by atoms with Gasteiger partial charge >= 0.3 is 11.7 Å². The first-order valence-corrected chi connectivity index (χ1v) is 9.86. The molecule has 0 atom stereocenters. The molecule has 7 nitrogen and oxygen atoms in total. The highest BCUT2D eigenvalue weighted by Gasteiger charge is 2.17. The zero-order valence-corrected chi connectivity index (χ0v) is 17.6. The van der Waals surface area contributed by atoms with E-state index in [9.17, 15) is 9.59 Å². The molecular formula is C22H25ClN4O3. The molecule has 0 bridgehead atoms. The molecule has 1 aliphatic rings. The zero-order chi connectivity index (χ0) is 20.4. The van der Waals surface area contributed by atoms with Crippen molar-refractivity contribution in [2.45, 2.75) is 32.6 Å². The lowest BCUT2D eigenvalue weighted by atomic mass is 10.0. The average Bonchev–Trinajstić information content (AvgIpc) is 2.87. The second-order valence-electron chi connectivity index (χ2n) is 7.30. The zero-order valence-electron chi connectivity index (χ0n) is 16.8. The van der Waals surface area contributed by atoms with Gasteiger partial charge < -0.3 is 10.4 Å². The summed E-state index contributed by atoms with van der Waals surface area (Å²) in [6.07, 6.45) is 2.27. The lowest BCUT2D eigenvalue weighted by Gasteiger charge is -2.10. The van der Waals surface area contributed by atoms with Crippen LogP contribution in [-0.4, -0.2) is 38.5 Å². The van der Waals surface area contributed by atoms with E-state index in [-0.39, 0.29) is 24.5 Å². The summed E-state index contributed by atoms with van der Waals surface area (Å²) in [5, 5.41) is 16.9. The van der Waals surface area contributed by atoms with E-state index in [4.69, 9.17) is 5.11 Å². The first-order valence-electron chi connectivity index (χ1n) is 9.86. The van der Waals surface area contributed by atoms with Gasteiger partial charge in [-0.1, -0.05) is 24.3 Å². The predicted octanol–water partition coefficient (Wildman–Crippen LogP) is 2.46. The Morgan fingerprint density at radius 1 is 1.13 bits per heavy atom. The van der Waals surface area contributed by atoms with Crippen LogP contribution in [0.3, 0.4) is 0 Å². The molecule has 0 radical (unpaired) electrons. The number of aromatic nitrogens is 3. The third kappa shape index (κ3) is 4.32. The SMILES string of the molecule is Cc1nn(-c2ccc3c(c2)CCNCC3)c(=O)n1-c1ccccc1CCC(=O)O.Cl. The fourth-order valence-electron chi connectivity index (χ4n) is 3.88. The predicted molar refractivity (Wildman–Crippen MR) is 117 cm³/mol. The molecule has 8 heteroatoms. The number of halogens is 1. The van der Waals surface area contributed by atoms with Crippen molar-refractivity contribution >= 4 is 18.4 Å². The van der Waals surface area contributed by atoms with Gasteiger partial charge in [0.1, 0.15) is 5.82 Å². The van der Waals surface area contributed by atoms with Crippen molar-refractivity contribution < 1.29 is 9.90 Å². The van der Waals surface area contributed by atoms with E-state index in [2.05, 4.69) is 22.5 Å². The van der Waals surface area contributed by atoms with Crippen LogP contribution in [0.5, 0.6) is 0 Å². The molecule has 0 amide bonds. The van der Waals surface area contributed by atoms with Crippen molar-refractivity contribution in [3.63, 3.8) is 0 Å². The summed E-state index contributed by atoms with van der Waals surface area (Å²) in [5.41, 5.74) is 4.54. The normalized spacial score (nSPS) is 13.2. The number of aryl methyl sites for hydroxylation is 2. The molecule has 158 valence electrons. The fourth-order valence-corrected chi connectivity index (χ4v) is 3.88. The summed E-state index contributed by atoms with van der Waals surface area (Å²) in [5.74, 6) is -0.298. The van der Waals surface area contributed by atoms with Crippen LogP contribution in [-0.2, 0) is 24.1 Å². The van der Waals surface area contributed by atoms with Crippen LogP contribution in [0.15, 0.2) is 47.3 Å². The van der Waals surface area contributed by atoms with E-state index in [1.807, 2.05) is 30.3 Å². The lowest BCUT2D eigenvalue weighted by Crippen LogP contribution is -2.24. The average molecular weight is 429 g/mol. The Bertz CT molecular complexity index is 1120. The smallest absolute Gasteiger partial charge is 0.355 e. The largest absolute Gasteiger partial charge is 0.481 e. The number of fused-ring (bicyclic) bond motifs is 1. The number of benzene rings is 2. The highest BCUT2D eigenvalue weighted by atomic mass is 35.5. The van der Waals surface area contributed by atoms with Crippen molar-refractivity contribution in [1.29, 1.82) is 0 Å². The number of rotatable bonds is 5. The third-order valence-electron chi connectivity index (χ3n) is 5.36. The number of nitrogens with zero attached hydrogens (tertiary/aromatic N) is 3. The summed E-state index contributed by atoms with van der Waals surface area (Å²) in [4.78, 5) is 24.2. The minimum atomic E-state index is -0.862. The Morgan fingerprint density at radius 3 is 2.63 bits per heavy atom. The van der Waals surface area contributed by atoms with Gasteiger partial charge in [0.25, 0.3) is 0 Å². The lowest BCUT2D eigenvalue weighted by molar-refractivity contribution is -0.136. The highest BCUT2D eigenvalue weighted by Crippen LogP contribution is 2.19. The van der Waals surface area contributed by atoms with Gasteiger partial charge in [-0.15, -0.1) is 17.5 Å². The number of nitrogens with one attached hydrogen (secondary N) is 1. The molecule has 0 saturated carbocycles. The molecule has 3 aromatic rings. The van der Waals surface area contributed by atoms with Crippen LogP contribution >= 0.6 is 12.4 Å². The number of aliphatic carboxylic acids is 1. The summed E-state index contributed by atoms with van der Waals surface area (Å²) in [6.45, 7) is 3.68. The van der Waals surface area contributed by atoms with Crippen LogP contribution < -0.4 is 11.0 Å². The molecule has 2 aromatic carbocycles. The molecule has 30 heavy (non-hydrogen) atoms. The molecule has 0 spiro atoms. The monoisotopic (exact) mass is 428 g/mol. The Labute approximate surface area is 180 Å². The van der Waals surface area contributed by atoms with E-state index in [1.54, 1.807) is 11.5 Å². The van der Waals surface area contributed by atoms with E-state index < -0.39 is 5.97 Å². The quantitative estimate of drug-likeness (QED) is 0.651. The van der Waals surface area contributed by atoms with Crippen molar-refractivity contribution in [3.05, 3.63) is 75.5 Å². The topological polar surface area (TPSA) is 89.2 Å². The van der Waals surface area contributed by atoms with Crippen molar-refractivity contribution in [2.24, 2.45) is 0 Å². The first kappa shape index (κ1) is 21.8. The number of carboxylic acids is 1. The maximum atomic E-state index is 13.3. The van der Waals surface area contributed by atoms with Gasteiger partial charge in [0, 0.05) is 6.42 Å². The molecule has 1 aromatic heterocycles. The van der Waals surface area contributed by atoms with Gasteiger partial charge in [-0.25, -0.2) is 9.36 Å². The third-order valence-corrected chi connectivity index (χ3v) is 5.36. The molecule has 1 aliphatic heterocycles. The Balaban J connectivity index is 0.00000256. The maximum absolute atomic E-state index is 13.3. The van der Waals surface area contributed by atoms with E-state index >= 15 is 0 Å². The van der Waals surface area contributed by atoms with Gasteiger partial charge in [0.15, 0.2) is 0 Å². The summed E-state index contributed by atoms with van der Waals surface area (Å²) >= 11 is 0. The first-order chi connectivity index (χ1) is 14.0. The number of carboxylic acid groups (broad SMARTS) is 1. The molecule has 0 unspecified atom stereocenters. The standard InChI is InChI=1S/C22H24N4O3.ClH/c1-15-24-26(19-8-6-16-10-12-23-13-11-18(16)14-19)22(29)25(15)20-5-3-2-4-17(20)7-9-21(27)28;/h2-6,8,14,23H,7,9-13H2,1H3,(H,27,28);1H. The van der Waals surface area contributed by atoms with Gasteiger partial charge in [-0.3, -0.25) is 4.79 Å². The second-order valence-corrected chi connectivity index (χ2v) is 7.30. The van der Waals surface area contributed by atoms with Gasteiger partial charge in [-0.2, -0.15) is 4.68 Å². The van der Waals surface area contributed by atoms with E-state index in [0.717, 1.165) is 37.2 Å². The van der Waals surface area contributed by atoms with Crippen LogP contribution in [0, 0.1) is 6.92 Å². The van der Waals surface area contributed by atoms with Gasteiger partial charge in [0.2, 0.25) is 0 Å². The number of para-hydroxylation sites is 1. The molecule has 4 rings (SSSR count). The highest BCUT2D eigenvalue weighted by molar-refractivity contribution is 5.85. The number of carbonyl (C=O) groups is 1. The minimum absolute atomic E-state index is 0. The van der Waals surface area contributed by atoms with Crippen LogP contribution in [0.4, 0.5) is 0 Å². The van der Waals surface area contributed by atoms with Crippen LogP contribution in [0.25, 0.3) is 11.4 Å². The molecule has 2 heterocycles. The summed E-state index contributed by atoms with van der Waals surface area (Å²) in [6, 6.07) is 13.5.